The van der Waals surface area contributed by atoms with Crippen molar-refractivity contribution >= 4 is 15.9 Å². The van der Waals surface area contributed by atoms with Gasteiger partial charge in [-0.05, 0) is 37.3 Å². The number of aromatic nitrogens is 4. The first-order chi connectivity index (χ1) is 16.5. The molecule has 1 aromatic carbocycles. The highest BCUT2D eigenvalue weighted by atomic mass is 32.2. The van der Waals surface area contributed by atoms with E-state index in [4.69, 9.17) is 0 Å². The van der Waals surface area contributed by atoms with Crippen LogP contribution in [-0.2, 0) is 21.4 Å². The summed E-state index contributed by atoms with van der Waals surface area (Å²) < 4.78 is 29.3. The Kier molecular flexibility index (Phi) is 6.18. The van der Waals surface area contributed by atoms with Crippen molar-refractivity contribution in [3.05, 3.63) is 60.6 Å². The molecule has 2 saturated heterocycles. The van der Waals surface area contributed by atoms with E-state index in [1.54, 1.807) is 23.2 Å². The van der Waals surface area contributed by atoms with Crippen LogP contribution in [0.3, 0.4) is 0 Å². The number of carbonyl (C=O) groups excluding carboxylic acids is 1. The van der Waals surface area contributed by atoms with Gasteiger partial charge in [-0.25, -0.2) is 8.42 Å². The van der Waals surface area contributed by atoms with Gasteiger partial charge in [0.05, 0.1) is 24.1 Å². The van der Waals surface area contributed by atoms with Crippen LogP contribution >= 0.6 is 0 Å². The Balaban J connectivity index is 1.49. The summed E-state index contributed by atoms with van der Waals surface area (Å²) in [4.78, 5) is 19.9. The van der Waals surface area contributed by atoms with Crippen molar-refractivity contribution in [2.45, 2.75) is 56.1 Å². The number of pyridine rings is 1. The summed E-state index contributed by atoms with van der Waals surface area (Å²) in [7, 11) is -3.91. The molecule has 3 atom stereocenters. The molecule has 34 heavy (non-hydrogen) atoms. The smallest absolute Gasteiger partial charge is 0.245 e. The summed E-state index contributed by atoms with van der Waals surface area (Å²) in [5, 5.41) is 10.4. The van der Waals surface area contributed by atoms with E-state index < -0.39 is 16.1 Å². The Morgan fingerprint density at radius 1 is 1.09 bits per heavy atom. The topological polar surface area (TPSA) is 112 Å². The third-order valence-corrected chi connectivity index (χ3v) is 8.86. The van der Waals surface area contributed by atoms with Gasteiger partial charge in [0.2, 0.25) is 15.9 Å². The fourth-order valence-corrected chi connectivity index (χ4v) is 7.05. The van der Waals surface area contributed by atoms with Crippen molar-refractivity contribution in [2.75, 3.05) is 6.54 Å². The molecule has 178 valence electrons. The van der Waals surface area contributed by atoms with E-state index in [1.807, 2.05) is 30.3 Å². The number of sulfonamides is 1. The average molecular weight is 481 g/mol. The fourth-order valence-electron chi connectivity index (χ4n) is 5.21. The summed E-state index contributed by atoms with van der Waals surface area (Å²) in [5.74, 6) is -0.121. The van der Waals surface area contributed by atoms with E-state index in [2.05, 4.69) is 27.3 Å². The molecule has 0 saturated carbocycles. The zero-order valence-electron chi connectivity index (χ0n) is 19.0. The third-order valence-electron chi connectivity index (χ3n) is 6.94. The monoisotopic (exact) mass is 480 g/mol. The van der Waals surface area contributed by atoms with Crippen molar-refractivity contribution in [1.29, 1.82) is 0 Å². The quantitative estimate of drug-likeness (QED) is 0.581. The first-order valence-electron chi connectivity index (χ1n) is 11.7. The Morgan fingerprint density at radius 2 is 1.91 bits per heavy atom. The van der Waals surface area contributed by atoms with E-state index in [0.717, 1.165) is 30.5 Å². The number of nitrogens with zero attached hydrogens (tertiary/aromatic N) is 5. The second-order valence-corrected chi connectivity index (χ2v) is 10.8. The van der Waals surface area contributed by atoms with Crippen LogP contribution in [0, 0.1) is 5.92 Å². The average Bonchev–Trinajstić information content (AvgIpc) is 3.37. The number of rotatable bonds is 6. The summed E-state index contributed by atoms with van der Waals surface area (Å²) in [6, 6.07) is 12.0. The van der Waals surface area contributed by atoms with Gasteiger partial charge in [-0.15, -0.1) is 5.10 Å². The zero-order valence-corrected chi connectivity index (χ0v) is 19.9. The lowest BCUT2D eigenvalue weighted by Gasteiger charge is -2.40. The van der Waals surface area contributed by atoms with Gasteiger partial charge in [-0.2, -0.15) is 4.31 Å². The highest BCUT2D eigenvalue weighted by Crippen LogP contribution is 2.38. The van der Waals surface area contributed by atoms with Gasteiger partial charge < -0.3 is 4.90 Å². The second kappa shape index (κ2) is 9.27. The number of benzene rings is 1. The molecular formula is C24H28N6O3S. The molecule has 2 aliphatic rings. The maximum atomic E-state index is 13.9. The Hall–Kier alpha value is -3.11. The highest BCUT2D eigenvalue weighted by Gasteiger charge is 2.49. The molecule has 2 aromatic heterocycles. The van der Waals surface area contributed by atoms with Crippen LogP contribution < -0.4 is 0 Å². The standard InChI is InChI=1S/C24H28N6O3S/c1-2-17-15-29(16-19-13-26-28-27-19)24(31)23-10-6-9-22(17)30(23)34(32,33)20-11-12-21(25-14-20)18-7-4-3-5-8-18/h3-5,7-8,11-14,17,22-23H,2,6,9-10,15-16H2,1H3,(H,26,27,28)/t17-,22?,23?/m0/s1. The van der Waals surface area contributed by atoms with E-state index in [0.29, 0.717) is 25.2 Å². The predicted molar refractivity (Wildman–Crippen MR) is 126 cm³/mol. The molecular weight excluding hydrogens is 452 g/mol. The van der Waals surface area contributed by atoms with Crippen molar-refractivity contribution < 1.29 is 13.2 Å². The molecule has 1 amide bonds. The van der Waals surface area contributed by atoms with Gasteiger partial charge in [0.1, 0.15) is 10.9 Å². The van der Waals surface area contributed by atoms with E-state index in [1.165, 1.54) is 10.5 Å². The number of amides is 1. The van der Waals surface area contributed by atoms with Crippen LogP contribution in [0.5, 0.6) is 0 Å². The largest absolute Gasteiger partial charge is 0.335 e. The van der Waals surface area contributed by atoms with Crippen molar-refractivity contribution in [3.63, 3.8) is 0 Å². The summed E-state index contributed by atoms with van der Waals surface area (Å²) in [6.07, 6.45) is 5.88. The Bertz CT molecular complexity index is 1230. The summed E-state index contributed by atoms with van der Waals surface area (Å²) in [6.45, 7) is 2.90. The number of H-pyrrole nitrogens is 1. The number of hydrogen-bond donors (Lipinski definition) is 1. The maximum absolute atomic E-state index is 13.9. The number of nitrogens with one attached hydrogen (secondary N) is 1. The maximum Gasteiger partial charge on any atom is 0.245 e. The number of hydrogen-bond acceptors (Lipinski definition) is 6. The van der Waals surface area contributed by atoms with Crippen LogP contribution in [0.1, 0.15) is 38.3 Å². The van der Waals surface area contributed by atoms with E-state index >= 15 is 0 Å². The summed E-state index contributed by atoms with van der Waals surface area (Å²) in [5.41, 5.74) is 2.36. The van der Waals surface area contributed by atoms with Gasteiger partial charge in [0.25, 0.3) is 0 Å². The minimum atomic E-state index is -3.91. The van der Waals surface area contributed by atoms with E-state index in [-0.39, 0.29) is 22.8 Å². The minimum Gasteiger partial charge on any atom is -0.335 e. The number of piperidine rings is 1. The van der Waals surface area contributed by atoms with Gasteiger partial charge >= 0.3 is 0 Å². The van der Waals surface area contributed by atoms with Gasteiger partial charge in [0, 0.05) is 24.3 Å². The molecule has 2 aliphatic heterocycles. The zero-order chi connectivity index (χ0) is 23.7. The number of aromatic amines is 1. The van der Waals surface area contributed by atoms with Crippen molar-refractivity contribution in [1.82, 2.24) is 29.6 Å². The summed E-state index contributed by atoms with van der Waals surface area (Å²) >= 11 is 0. The highest BCUT2D eigenvalue weighted by molar-refractivity contribution is 7.89. The molecule has 2 unspecified atom stereocenters. The number of carbonyl (C=O) groups is 1. The molecule has 1 N–H and O–H groups in total. The van der Waals surface area contributed by atoms with Crippen LogP contribution in [0.25, 0.3) is 11.3 Å². The predicted octanol–water partition coefficient (Wildman–Crippen LogP) is 2.85. The fraction of sp³-hybridized carbons (Fsp3) is 0.417. The molecule has 2 fully saturated rings. The molecule has 2 bridgehead atoms. The van der Waals surface area contributed by atoms with Gasteiger partial charge in [-0.3, -0.25) is 14.9 Å². The molecule has 0 radical (unpaired) electrons. The van der Waals surface area contributed by atoms with Crippen LogP contribution in [0.15, 0.2) is 59.8 Å². The van der Waals surface area contributed by atoms with Gasteiger partial charge in [0.15, 0.2) is 0 Å². The third kappa shape index (κ3) is 4.12. The van der Waals surface area contributed by atoms with Gasteiger partial charge in [-0.1, -0.05) is 48.9 Å². The molecule has 0 aliphatic carbocycles. The molecule has 5 rings (SSSR count). The van der Waals surface area contributed by atoms with Crippen LogP contribution in [-0.4, -0.2) is 62.6 Å². The lowest BCUT2D eigenvalue weighted by atomic mass is 9.89. The van der Waals surface area contributed by atoms with Crippen LogP contribution in [0.4, 0.5) is 0 Å². The molecule has 4 heterocycles. The lowest BCUT2D eigenvalue weighted by Crippen LogP contribution is -2.54. The van der Waals surface area contributed by atoms with Crippen molar-refractivity contribution in [2.24, 2.45) is 5.92 Å². The molecule has 0 spiro atoms. The first-order valence-corrected chi connectivity index (χ1v) is 13.1. The Morgan fingerprint density at radius 3 is 2.59 bits per heavy atom. The molecule has 3 aromatic rings. The first kappa shape index (κ1) is 22.7. The number of fused-ring (bicyclic) bond motifs is 2. The minimum absolute atomic E-state index is 0.0384. The SMILES string of the molecule is CC[C@H]1CN(Cc2cnn[nH]2)C(=O)C2CCCC1N2S(=O)(=O)c1ccc(-c2ccccc2)nc1. The normalized spacial score (nSPS) is 23.6. The molecule has 9 nitrogen and oxygen atoms in total. The Labute approximate surface area is 199 Å². The molecule has 10 heteroatoms. The lowest BCUT2D eigenvalue weighted by molar-refractivity contribution is -0.135. The van der Waals surface area contributed by atoms with Crippen molar-refractivity contribution in [3.8, 4) is 11.3 Å². The van der Waals surface area contributed by atoms with Crippen LogP contribution in [0.2, 0.25) is 0 Å². The van der Waals surface area contributed by atoms with E-state index in [9.17, 15) is 13.2 Å². The second-order valence-electron chi connectivity index (χ2n) is 8.96.